The van der Waals surface area contributed by atoms with Gasteiger partial charge in [-0.15, -0.1) is 11.3 Å². The van der Waals surface area contributed by atoms with Gasteiger partial charge in [0.25, 0.3) is 11.8 Å². The molecule has 0 saturated carbocycles. The third kappa shape index (κ3) is 3.69. The SMILES string of the molecule is COc1ccc(Cl)cc1NC1=C(c2cccs2)C(=O)N(Cc2ccccc2F)C1=O. The number of nitrogens with zero attached hydrogens (tertiary/aromatic N) is 1. The maximum absolute atomic E-state index is 14.1. The van der Waals surface area contributed by atoms with Crippen LogP contribution in [-0.4, -0.2) is 23.8 Å². The van der Waals surface area contributed by atoms with E-state index in [2.05, 4.69) is 5.32 Å². The van der Waals surface area contributed by atoms with Crippen LogP contribution in [-0.2, 0) is 16.1 Å². The van der Waals surface area contributed by atoms with E-state index in [-0.39, 0.29) is 23.4 Å². The van der Waals surface area contributed by atoms with Crippen LogP contribution in [0.2, 0.25) is 5.02 Å². The minimum Gasteiger partial charge on any atom is -0.495 e. The molecule has 1 aromatic heterocycles. The molecule has 0 spiro atoms. The van der Waals surface area contributed by atoms with Gasteiger partial charge < -0.3 is 10.1 Å². The Hall–Kier alpha value is -3.16. The van der Waals surface area contributed by atoms with Crippen molar-refractivity contribution in [1.82, 2.24) is 4.90 Å². The van der Waals surface area contributed by atoms with E-state index in [4.69, 9.17) is 16.3 Å². The molecule has 3 aromatic rings. The van der Waals surface area contributed by atoms with E-state index in [1.165, 1.54) is 24.5 Å². The number of hydrogen-bond acceptors (Lipinski definition) is 5. The van der Waals surface area contributed by atoms with Crippen molar-refractivity contribution in [3.8, 4) is 5.75 Å². The third-order valence-corrected chi connectivity index (χ3v) is 5.77. The molecule has 2 amide bonds. The Labute approximate surface area is 181 Å². The van der Waals surface area contributed by atoms with Gasteiger partial charge in [-0.25, -0.2) is 4.39 Å². The maximum atomic E-state index is 14.1. The number of benzene rings is 2. The number of anilines is 1. The molecule has 1 aliphatic heterocycles. The van der Waals surface area contributed by atoms with E-state index >= 15 is 0 Å². The molecule has 2 aromatic carbocycles. The fourth-order valence-electron chi connectivity index (χ4n) is 3.19. The van der Waals surface area contributed by atoms with Crippen molar-refractivity contribution < 1.29 is 18.7 Å². The van der Waals surface area contributed by atoms with E-state index in [1.807, 2.05) is 5.38 Å². The second-order valence-corrected chi connectivity index (χ2v) is 7.87. The molecular formula is C22H16ClFN2O3S. The van der Waals surface area contributed by atoms with Crippen molar-refractivity contribution >= 4 is 46.0 Å². The molecule has 0 unspecified atom stereocenters. The molecule has 5 nitrogen and oxygen atoms in total. The number of carbonyl (C=O) groups is 2. The number of ether oxygens (including phenoxy) is 1. The van der Waals surface area contributed by atoms with Gasteiger partial charge in [0.2, 0.25) is 0 Å². The van der Waals surface area contributed by atoms with Crippen molar-refractivity contribution in [2.75, 3.05) is 12.4 Å². The maximum Gasteiger partial charge on any atom is 0.278 e. The molecule has 0 fully saturated rings. The molecule has 30 heavy (non-hydrogen) atoms. The minimum atomic E-state index is -0.548. The zero-order valence-electron chi connectivity index (χ0n) is 15.8. The second kappa shape index (κ2) is 8.30. The Morgan fingerprint density at radius 1 is 1.10 bits per heavy atom. The largest absolute Gasteiger partial charge is 0.495 e. The predicted octanol–water partition coefficient (Wildman–Crippen LogP) is 4.94. The van der Waals surface area contributed by atoms with Gasteiger partial charge >= 0.3 is 0 Å². The summed E-state index contributed by atoms with van der Waals surface area (Å²) < 4.78 is 19.5. The molecule has 0 atom stereocenters. The van der Waals surface area contributed by atoms with Crippen molar-refractivity contribution in [2.24, 2.45) is 0 Å². The summed E-state index contributed by atoms with van der Waals surface area (Å²) in [6.07, 6.45) is 0. The minimum absolute atomic E-state index is 0.0966. The van der Waals surface area contributed by atoms with Crippen LogP contribution in [0.3, 0.4) is 0 Å². The number of halogens is 2. The van der Waals surface area contributed by atoms with Gasteiger partial charge in [-0.3, -0.25) is 14.5 Å². The number of rotatable bonds is 6. The van der Waals surface area contributed by atoms with Crippen LogP contribution >= 0.6 is 22.9 Å². The lowest BCUT2D eigenvalue weighted by atomic mass is 10.1. The number of methoxy groups -OCH3 is 1. The molecule has 0 saturated heterocycles. The van der Waals surface area contributed by atoms with Gasteiger partial charge in [-0.1, -0.05) is 35.9 Å². The first kappa shape index (κ1) is 20.1. The fraction of sp³-hybridized carbons (Fsp3) is 0.0909. The van der Waals surface area contributed by atoms with Crippen LogP contribution in [0.1, 0.15) is 10.4 Å². The molecule has 0 radical (unpaired) electrons. The molecule has 1 N–H and O–H groups in total. The predicted molar refractivity (Wildman–Crippen MR) is 115 cm³/mol. The smallest absolute Gasteiger partial charge is 0.278 e. The van der Waals surface area contributed by atoms with Crippen LogP contribution < -0.4 is 10.1 Å². The third-order valence-electron chi connectivity index (χ3n) is 4.64. The summed E-state index contributed by atoms with van der Waals surface area (Å²) in [5.74, 6) is -1.05. The highest BCUT2D eigenvalue weighted by atomic mass is 35.5. The first-order valence-electron chi connectivity index (χ1n) is 8.98. The van der Waals surface area contributed by atoms with Crippen LogP contribution in [0.25, 0.3) is 5.57 Å². The summed E-state index contributed by atoms with van der Waals surface area (Å²) >= 11 is 7.44. The van der Waals surface area contributed by atoms with Crippen LogP contribution in [0.5, 0.6) is 5.75 Å². The Bertz CT molecular complexity index is 1160. The van der Waals surface area contributed by atoms with Gasteiger partial charge in [0.1, 0.15) is 17.3 Å². The van der Waals surface area contributed by atoms with Gasteiger partial charge in [0.05, 0.1) is 24.9 Å². The number of carbonyl (C=O) groups excluding carboxylic acids is 2. The standard InChI is InChI=1S/C22H16ClFN2O3S/c1-29-17-9-8-14(23)11-16(17)25-20-19(18-7-4-10-30-18)21(27)26(22(20)28)12-13-5-2-3-6-15(13)24/h2-11,25H,12H2,1H3. The quantitative estimate of drug-likeness (QED) is 0.549. The lowest BCUT2D eigenvalue weighted by molar-refractivity contribution is -0.137. The average molecular weight is 443 g/mol. The Balaban J connectivity index is 1.75. The summed E-state index contributed by atoms with van der Waals surface area (Å²) in [6, 6.07) is 14.5. The van der Waals surface area contributed by atoms with Gasteiger partial charge in [-0.2, -0.15) is 0 Å². The highest BCUT2D eigenvalue weighted by Gasteiger charge is 2.40. The van der Waals surface area contributed by atoms with Crippen LogP contribution in [0, 0.1) is 5.82 Å². The molecular weight excluding hydrogens is 427 g/mol. The number of amides is 2. The Morgan fingerprint density at radius 2 is 1.90 bits per heavy atom. The lowest BCUT2D eigenvalue weighted by Crippen LogP contribution is -2.32. The van der Waals surface area contributed by atoms with E-state index in [1.54, 1.807) is 48.5 Å². The fourth-order valence-corrected chi connectivity index (χ4v) is 4.13. The molecule has 0 bridgehead atoms. The van der Waals surface area contributed by atoms with Crippen molar-refractivity contribution in [3.63, 3.8) is 0 Å². The number of nitrogens with one attached hydrogen (secondary N) is 1. The van der Waals surface area contributed by atoms with E-state index in [0.717, 1.165) is 4.90 Å². The van der Waals surface area contributed by atoms with Gasteiger partial charge in [0.15, 0.2) is 0 Å². The zero-order valence-corrected chi connectivity index (χ0v) is 17.4. The molecule has 0 aliphatic carbocycles. The zero-order chi connectivity index (χ0) is 21.3. The Kier molecular flexibility index (Phi) is 5.57. The lowest BCUT2D eigenvalue weighted by Gasteiger charge is -2.16. The topological polar surface area (TPSA) is 58.6 Å². The highest BCUT2D eigenvalue weighted by Crippen LogP contribution is 2.36. The van der Waals surface area contributed by atoms with E-state index in [9.17, 15) is 14.0 Å². The van der Waals surface area contributed by atoms with E-state index in [0.29, 0.717) is 21.3 Å². The number of thiophene rings is 1. The normalized spacial score (nSPS) is 13.9. The summed E-state index contributed by atoms with van der Waals surface area (Å²) in [4.78, 5) is 28.1. The molecule has 4 rings (SSSR count). The summed E-state index contributed by atoms with van der Waals surface area (Å²) in [7, 11) is 1.50. The van der Waals surface area contributed by atoms with Gasteiger partial charge in [-0.05, 0) is 35.7 Å². The van der Waals surface area contributed by atoms with Crippen molar-refractivity contribution in [2.45, 2.75) is 6.54 Å². The Morgan fingerprint density at radius 3 is 2.60 bits per heavy atom. The number of imide groups is 1. The van der Waals surface area contributed by atoms with E-state index < -0.39 is 17.6 Å². The summed E-state index contributed by atoms with van der Waals surface area (Å²) in [5, 5.41) is 5.28. The van der Waals surface area contributed by atoms with Crippen molar-refractivity contribution in [1.29, 1.82) is 0 Å². The summed E-state index contributed by atoms with van der Waals surface area (Å²) in [6.45, 7) is -0.170. The second-order valence-electron chi connectivity index (χ2n) is 6.48. The van der Waals surface area contributed by atoms with Gasteiger partial charge in [0, 0.05) is 15.5 Å². The first-order chi connectivity index (χ1) is 14.5. The highest BCUT2D eigenvalue weighted by molar-refractivity contribution is 7.11. The van der Waals surface area contributed by atoms with Crippen LogP contribution in [0.4, 0.5) is 10.1 Å². The number of hydrogen-bond donors (Lipinski definition) is 1. The first-order valence-corrected chi connectivity index (χ1v) is 10.2. The van der Waals surface area contributed by atoms with Crippen LogP contribution in [0.15, 0.2) is 65.7 Å². The molecule has 152 valence electrons. The monoisotopic (exact) mass is 442 g/mol. The average Bonchev–Trinajstić information content (AvgIpc) is 3.33. The summed E-state index contributed by atoms with van der Waals surface area (Å²) in [5.41, 5.74) is 1.03. The molecule has 8 heteroatoms. The van der Waals surface area contributed by atoms with Crippen molar-refractivity contribution in [3.05, 3.63) is 87.0 Å². The molecule has 1 aliphatic rings. The molecule has 2 heterocycles.